The molecule has 0 heterocycles. The van der Waals surface area contributed by atoms with Crippen molar-refractivity contribution in [1.82, 2.24) is 4.72 Å². The van der Waals surface area contributed by atoms with Crippen molar-refractivity contribution >= 4 is 44.8 Å². The van der Waals surface area contributed by atoms with Crippen molar-refractivity contribution in [3.63, 3.8) is 0 Å². The summed E-state index contributed by atoms with van der Waals surface area (Å²) in [5, 5.41) is 3.20. The van der Waals surface area contributed by atoms with Gasteiger partial charge in [0, 0.05) is 17.2 Å². The van der Waals surface area contributed by atoms with Crippen LogP contribution in [0.1, 0.15) is 5.56 Å². The molecule has 3 aromatic rings. The first-order valence-corrected chi connectivity index (χ1v) is 12.5. The predicted molar refractivity (Wildman–Crippen MR) is 135 cm³/mol. The Morgan fingerprint density at radius 3 is 2.17 bits per heavy atom. The molecule has 0 aliphatic carbocycles. The predicted octanol–water partition coefficient (Wildman–Crippen LogP) is 4.55. The summed E-state index contributed by atoms with van der Waals surface area (Å²) < 4.78 is 44.8. The van der Waals surface area contributed by atoms with Gasteiger partial charge in [0.1, 0.15) is 28.2 Å². The van der Waals surface area contributed by atoms with Crippen molar-refractivity contribution in [3.8, 4) is 17.2 Å². The second kappa shape index (κ2) is 11.6. The van der Waals surface area contributed by atoms with Gasteiger partial charge in [-0.1, -0.05) is 53.5 Å². The van der Waals surface area contributed by atoms with E-state index in [9.17, 15) is 13.2 Å². The fraction of sp³-hybridized carbons (Fsp3) is 0.208. The molecule has 1 atom stereocenters. The van der Waals surface area contributed by atoms with Crippen molar-refractivity contribution in [1.29, 1.82) is 0 Å². The van der Waals surface area contributed by atoms with Crippen molar-refractivity contribution in [3.05, 3.63) is 76.3 Å². The molecule has 1 amide bonds. The van der Waals surface area contributed by atoms with E-state index >= 15 is 0 Å². The van der Waals surface area contributed by atoms with Gasteiger partial charge in [-0.15, -0.1) is 0 Å². The van der Waals surface area contributed by atoms with Crippen LogP contribution in [0.5, 0.6) is 17.2 Å². The van der Waals surface area contributed by atoms with Gasteiger partial charge in [0.2, 0.25) is 15.9 Å². The number of methoxy groups -OCH3 is 3. The Bertz CT molecular complexity index is 1300. The van der Waals surface area contributed by atoms with E-state index in [2.05, 4.69) is 10.0 Å². The third kappa shape index (κ3) is 6.58. The van der Waals surface area contributed by atoms with Crippen LogP contribution in [-0.2, 0) is 21.2 Å². The first kappa shape index (κ1) is 26.6. The lowest BCUT2D eigenvalue weighted by Crippen LogP contribution is -2.45. The summed E-state index contributed by atoms with van der Waals surface area (Å²) in [6.45, 7) is 0. The number of rotatable bonds is 10. The quantitative estimate of drug-likeness (QED) is 0.392. The van der Waals surface area contributed by atoms with Crippen LogP contribution in [0.4, 0.5) is 5.69 Å². The number of hydrogen-bond acceptors (Lipinski definition) is 6. The summed E-state index contributed by atoms with van der Waals surface area (Å²) in [6.07, 6.45) is 0.0713. The minimum atomic E-state index is -4.21. The standard InChI is InChI=1S/C24H24Cl2N2O6S/c1-32-20-10-9-16(25)12-23(20)35(30,31)28-19(11-15-7-5-4-6-8-15)24(29)27-18-14-21(33-2)17(26)13-22(18)34-3/h4-10,12-14,19,28H,11H2,1-3H3,(H,27,29)/t19-/m0/s1. The van der Waals surface area contributed by atoms with Crippen molar-refractivity contribution < 1.29 is 27.4 Å². The second-order valence-electron chi connectivity index (χ2n) is 7.34. The Morgan fingerprint density at radius 2 is 1.54 bits per heavy atom. The smallest absolute Gasteiger partial charge is 0.245 e. The highest BCUT2D eigenvalue weighted by atomic mass is 35.5. The monoisotopic (exact) mass is 538 g/mol. The van der Waals surface area contributed by atoms with Crippen molar-refractivity contribution in [2.24, 2.45) is 0 Å². The minimum absolute atomic E-state index is 0.0713. The van der Waals surface area contributed by atoms with Crippen LogP contribution in [0, 0.1) is 0 Å². The highest BCUT2D eigenvalue weighted by Crippen LogP contribution is 2.36. The molecular weight excluding hydrogens is 515 g/mol. The average molecular weight is 539 g/mol. The molecule has 2 N–H and O–H groups in total. The molecule has 0 aliphatic heterocycles. The molecule has 0 radical (unpaired) electrons. The topological polar surface area (TPSA) is 103 Å². The summed E-state index contributed by atoms with van der Waals surface area (Å²) in [5.41, 5.74) is 1.01. The number of ether oxygens (including phenoxy) is 3. The Balaban J connectivity index is 1.98. The molecule has 8 nitrogen and oxygen atoms in total. The molecule has 0 aromatic heterocycles. The third-order valence-corrected chi connectivity index (χ3v) is 7.07. The molecule has 186 valence electrons. The van der Waals surface area contributed by atoms with Gasteiger partial charge in [-0.05, 0) is 30.2 Å². The Kier molecular flexibility index (Phi) is 8.85. The van der Waals surface area contributed by atoms with E-state index in [1.54, 1.807) is 24.3 Å². The van der Waals surface area contributed by atoms with Crippen LogP contribution >= 0.6 is 23.2 Å². The number of nitrogens with one attached hydrogen (secondary N) is 2. The maximum absolute atomic E-state index is 13.4. The number of anilines is 1. The normalized spacial score (nSPS) is 12.0. The van der Waals surface area contributed by atoms with Crippen LogP contribution in [-0.4, -0.2) is 41.7 Å². The van der Waals surface area contributed by atoms with Crippen LogP contribution in [0.25, 0.3) is 0 Å². The average Bonchev–Trinajstić information content (AvgIpc) is 2.84. The molecule has 0 fully saturated rings. The van der Waals surface area contributed by atoms with Gasteiger partial charge in [-0.25, -0.2) is 8.42 Å². The van der Waals surface area contributed by atoms with E-state index in [4.69, 9.17) is 37.4 Å². The Morgan fingerprint density at radius 1 is 0.886 bits per heavy atom. The highest BCUT2D eigenvalue weighted by molar-refractivity contribution is 7.89. The molecule has 3 rings (SSSR count). The number of halogens is 2. The molecule has 35 heavy (non-hydrogen) atoms. The number of carbonyl (C=O) groups is 1. The van der Waals surface area contributed by atoms with Gasteiger partial charge in [0.25, 0.3) is 0 Å². The van der Waals surface area contributed by atoms with Crippen molar-refractivity contribution in [2.45, 2.75) is 17.4 Å². The highest BCUT2D eigenvalue weighted by Gasteiger charge is 2.29. The van der Waals surface area contributed by atoms with Gasteiger partial charge in [0.15, 0.2) is 0 Å². The van der Waals surface area contributed by atoms with Gasteiger partial charge in [-0.2, -0.15) is 4.72 Å². The number of benzene rings is 3. The molecule has 0 aliphatic rings. The molecule has 0 bridgehead atoms. The van der Waals surface area contributed by atoms with Gasteiger partial charge in [-0.3, -0.25) is 4.79 Å². The Hall–Kier alpha value is -2.98. The number of sulfonamides is 1. The molecular formula is C24H24Cl2N2O6S. The fourth-order valence-corrected chi connectivity index (χ4v) is 5.18. The lowest BCUT2D eigenvalue weighted by Gasteiger charge is -2.21. The SMILES string of the molecule is COc1cc(NC(=O)[C@H](Cc2ccccc2)NS(=O)(=O)c2cc(Cl)ccc2OC)c(OC)cc1Cl. The van der Waals surface area contributed by atoms with E-state index in [1.807, 2.05) is 6.07 Å². The number of hydrogen-bond donors (Lipinski definition) is 2. The molecule has 0 saturated heterocycles. The summed E-state index contributed by atoms with van der Waals surface area (Å²) in [5.74, 6) is 0.0552. The van der Waals surface area contributed by atoms with E-state index in [0.29, 0.717) is 5.75 Å². The summed E-state index contributed by atoms with van der Waals surface area (Å²) >= 11 is 12.2. The third-order valence-electron chi connectivity index (χ3n) is 5.04. The zero-order chi connectivity index (χ0) is 25.6. The van der Waals surface area contributed by atoms with E-state index < -0.39 is 22.0 Å². The van der Waals surface area contributed by atoms with Crippen LogP contribution in [0.2, 0.25) is 10.0 Å². The first-order valence-electron chi connectivity index (χ1n) is 10.3. The molecule has 0 unspecified atom stereocenters. The van der Waals surface area contributed by atoms with E-state index in [0.717, 1.165) is 5.56 Å². The van der Waals surface area contributed by atoms with Gasteiger partial charge in [0.05, 0.1) is 32.0 Å². The van der Waals surface area contributed by atoms with E-state index in [-0.39, 0.29) is 38.5 Å². The summed E-state index contributed by atoms with van der Waals surface area (Å²) in [4.78, 5) is 13.2. The zero-order valence-corrected chi connectivity index (χ0v) is 21.5. The maximum atomic E-state index is 13.4. The van der Waals surface area contributed by atoms with Crippen molar-refractivity contribution in [2.75, 3.05) is 26.6 Å². The minimum Gasteiger partial charge on any atom is -0.495 e. The zero-order valence-electron chi connectivity index (χ0n) is 19.2. The van der Waals surface area contributed by atoms with Crippen LogP contribution in [0.3, 0.4) is 0 Å². The lowest BCUT2D eigenvalue weighted by atomic mass is 10.1. The van der Waals surface area contributed by atoms with Crippen LogP contribution in [0.15, 0.2) is 65.6 Å². The Labute approximate surface area is 214 Å². The number of carbonyl (C=O) groups excluding carboxylic acids is 1. The first-order chi connectivity index (χ1) is 16.7. The summed E-state index contributed by atoms with van der Waals surface area (Å²) in [7, 11) is -0.0163. The second-order valence-corrected chi connectivity index (χ2v) is 9.86. The molecule has 0 spiro atoms. The number of amides is 1. The molecule has 3 aromatic carbocycles. The lowest BCUT2D eigenvalue weighted by molar-refractivity contribution is -0.117. The van der Waals surface area contributed by atoms with Gasteiger partial charge >= 0.3 is 0 Å². The summed E-state index contributed by atoms with van der Waals surface area (Å²) in [6, 6.07) is 15.0. The largest absolute Gasteiger partial charge is 0.495 e. The fourth-order valence-electron chi connectivity index (χ4n) is 3.33. The molecule has 0 saturated carbocycles. The maximum Gasteiger partial charge on any atom is 0.245 e. The van der Waals surface area contributed by atoms with Gasteiger partial charge < -0.3 is 19.5 Å². The molecule has 11 heteroatoms. The van der Waals surface area contributed by atoms with Crippen LogP contribution < -0.4 is 24.2 Å². The van der Waals surface area contributed by atoms with E-state index in [1.165, 1.54) is 51.7 Å².